The Balaban J connectivity index is 1.47. The lowest BCUT2D eigenvalue weighted by Crippen LogP contribution is -2.32. The maximum absolute atomic E-state index is 12.7. The molecular formula is C22H24N4O2S. The summed E-state index contributed by atoms with van der Waals surface area (Å²) in [6.07, 6.45) is 3.10. The number of carbonyl (C=O) groups excluding carboxylic acids is 2. The first kappa shape index (κ1) is 19.5. The molecule has 0 unspecified atom stereocenters. The molecule has 3 aromatic rings. The van der Waals surface area contributed by atoms with E-state index in [4.69, 9.17) is 0 Å². The number of aromatic nitrogens is 2. The van der Waals surface area contributed by atoms with Gasteiger partial charge in [-0.2, -0.15) is 0 Å². The quantitative estimate of drug-likeness (QED) is 0.643. The van der Waals surface area contributed by atoms with Gasteiger partial charge in [-0.25, -0.2) is 9.97 Å². The number of hydrogen-bond donors (Lipinski definition) is 2. The van der Waals surface area contributed by atoms with Crippen molar-refractivity contribution in [2.24, 2.45) is 0 Å². The van der Waals surface area contributed by atoms with E-state index in [1.165, 1.54) is 11.3 Å². The van der Waals surface area contributed by atoms with Gasteiger partial charge in [0, 0.05) is 17.0 Å². The number of anilines is 1. The standard InChI is InChI=1S/C22H24N4O2S/c1-4-14-7-5-6-8-16(14)25-17(27)11-23-21(28)19-12(2)18-13(3)24-20(15-9-10-15)26-22(18)29-19/h5-8,15H,4,9-11H2,1-3H3,(H,23,28)(H,25,27). The van der Waals surface area contributed by atoms with Gasteiger partial charge in [0.05, 0.1) is 17.1 Å². The van der Waals surface area contributed by atoms with Gasteiger partial charge in [-0.05, 0) is 50.3 Å². The van der Waals surface area contributed by atoms with E-state index in [1.54, 1.807) is 0 Å². The molecule has 0 saturated heterocycles. The fraction of sp³-hybridized carbons (Fsp3) is 0.364. The topological polar surface area (TPSA) is 84.0 Å². The lowest BCUT2D eigenvalue weighted by Gasteiger charge is -2.10. The van der Waals surface area contributed by atoms with E-state index in [-0.39, 0.29) is 18.4 Å². The number of rotatable bonds is 6. The number of thiophene rings is 1. The highest BCUT2D eigenvalue weighted by atomic mass is 32.1. The minimum Gasteiger partial charge on any atom is -0.342 e. The van der Waals surface area contributed by atoms with Crippen molar-refractivity contribution in [3.8, 4) is 0 Å². The van der Waals surface area contributed by atoms with Crippen LogP contribution in [0.25, 0.3) is 10.2 Å². The minimum atomic E-state index is -0.253. The van der Waals surface area contributed by atoms with E-state index in [0.29, 0.717) is 10.8 Å². The van der Waals surface area contributed by atoms with Crippen LogP contribution >= 0.6 is 11.3 Å². The van der Waals surface area contributed by atoms with Crippen LogP contribution in [0.15, 0.2) is 24.3 Å². The zero-order valence-corrected chi connectivity index (χ0v) is 17.7. The normalized spacial score (nSPS) is 13.5. The van der Waals surface area contributed by atoms with Crippen molar-refractivity contribution in [2.45, 2.75) is 46.0 Å². The van der Waals surface area contributed by atoms with Crippen LogP contribution in [0.5, 0.6) is 0 Å². The molecule has 2 N–H and O–H groups in total. The van der Waals surface area contributed by atoms with E-state index in [1.807, 2.05) is 45.0 Å². The number of nitrogens with zero attached hydrogens (tertiary/aromatic N) is 2. The average Bonchev–Trinajstić information content (AvgIpc) is 3.50. The van der Waals surface area contributed by atoms with Gasteiger partial charge in [-0.3, -0.25) is 9.59 Å². The van der Waals surface area contributed by atoms with Crippen LogP contribution in [0.2, 0.25) is 0 Å². The molecule has 6 nitrogen and oxygen atoms in total. The molecule has 29 heavy (non-hydrogen) atoms. The highest BCUT2D eigenvalue weighted by Crippen LogP contribution is 2.40. The van der Waals surface area contributed by atoms with Crippen molar-refractivity contribution in [3.05, 3.63) is 51.8 Å². The maximum atomic E-state index is 12.7. The Labute approximate surface area is 173 Å². The molecule has 0 spiro atoms. The number of hydrogen-bond acceptors (Lipinski definition) is 5. The van der Waals surface area contributed by atoms with Gasteiger partial charge in [0.1, 0.15) is 10.7 Å². The Morgan fingerprint density at radius 3 is 2.66 bits per heavy atom. The third-order valence-corrected chi connectivity index (χ3v) is 6.40. The van der Waals surface area contributed by atoms with Gasteiger partial charge < -0.3 is 10.6 Å². The van der Waals surface area contributed by atoms with Crippen LogP contribution in [-0.4, -0.2) is 28.3 Å². The van der Waals surface area contributed by atoms with Gasteiger partial charge in [-0.1, -0.05) is 25.1 Å². The third kappa shape index (κ3) is 4.00. The van der Waals surface area contributed by atoms with Gasteiger partial charge in [0.2, 0.25) is 5.91 Å². The zero-order valence-electron chi connectivity index (χ0n) is 16.8. The zero-order chi connectivity index (χ0) is 20.5. The van der Waals surface area contributed by atoms with E-state index in [2.05, 4.69) is 20.6 Å². The Hall–Kier alpha value is -2.80. The molecule has 1 aliphatic carbocycles. The highest BCUT2D eigenvalue weighted by Gasteiger charge is 2.28. The van der Waals surface area contributed by atoms with Crippen LogP contribution in [0.4, 0.5) is 5.69 Å². The number of benzene rings is 1. The Bertz CT molecular complexity index is 1100. The molecule has 1 saturated carbocycles. The predicted octanol–water partition coefficient (Wildman–Crippen LogP) is 4.12. The highest BCUT2D eigenvalue weighted by molar-refractivity contribution is 7.20. The van der Waals surface area contributed by atoms with E-state index in [0.717, 1.165) is 57.8 Å². The van der Waals surface area contributed by atoms with Crippen LogP contribution in [0.1, 0.15) is 58.0 Å². The average molecular weight is 409 g/mol. The summed E-state index contributed by atoms with van der Waals surface area (Å²) in [6, 6.07) is 7.68. The summed E-state index contributed by atoms with van der Waals surface area (Å²) < 4.78 is 0. The second-order valence-electron chi connectivity index (χ2n) is 7.42. The van der Waals surface area contributed by atoms with E-state index >= 15 is 0 Å². The SMILES string of the molecule is CCc1ccccc1NC(=O)CNC(=O)c1sc2nc(C3CC3)nc(C)c2c1C. The number of carbonyl (C=O) groups is 2. The number of para-hydroxylation sites is 1. The van der Waals surface area contributed by atoms with Crippen molar-refractivity contribution in [1.29, 1.82) is 0 Å². The van der Waals surface area contributed by atoms with Crippen molar-refractivity contribution < 1.29 is 9.59 Å². The summed E-state index contributed by atoms with van der Waals surface area (Å²) in [5.41, 5.74) is 3.64. The van der Waals surface area contributed by atoms with Crippen molar-refractivity contribution in [1.82, 2.24) is 15.3 Å². The number of aryl methyl sites for hydroxylation is 3. The molecule has 150 valence electrons. The van der Waals surface area contributed by atoms with Crippen LogP contribution in [0, 0.1) is 13.8 Å². The second-order valence-corrected chi connectivity index (χ2v) is 8.42. The molecule has 0 bridgehead atoms. The van der Waals surface area contributed by atoms with Crippen LogP contribution < -0.4 is 10.6 Å². The molecule has 7 heteroatoms. The molecule has 0 aliphatic heterocycles. The molecular weight excluding hydrogens is 384 g/mol. The monoisotopic (exact) mass is 408 g/mol. The summed E-state index contributed by atoms with van der Waals surface area (Å²) in [5.74, 6) is 0.853. The van der Waals surface area contributed by atoms with Crippen LogP contribution in [-0.2, 0) is 11.2 Å². The minimum absolute atomic E-state index is 0.0808. The number of amides is 2. The molecule has 2 heterocycles. The van der Waals surface area contributed by atoms with Crippen molar-refractivity contribution in [3.63, 3.8) is 0 Å². The lowest BCUT2D eigenvalue weighted by atomic mass is 10.1. The van der Waals surface area contributed by atoms with Gasteiger partial charge in [-0.15, -0.1) is 11.3 Å². The molecule has 2 aromatic heterocycles. The van der Waals surface area contributed by atoms with Crippen molar-refractivity contribution in [2.75, 3.05) is 11.9 Å². The molecule has 1 fully saturated rings. The Kier molecular flexibility index (Phi) is 5.32. The second kappa shape index (κ2) is 7.91. The Morgan fingerprint density at radius 1 is 1.17 bits per heavy atom. The molecule has 2 amide bonds. The smallest absolute Gasteiger partial charge is 0.262 e. The molecule has 0 radical (unpaired) electrons. The number of fused-ring (bicyclic) bond motifs is 1. The summed E-state index contributed by atoms with van der Waals surface area (Å²) in [7, 11) is 0. The molecule has 1 aromatic carbocycles. The summed E-state index contributed by atoms with van der Waals surface area (Å²) in [4.78, 5) is 35.8. The largest absolute Gasteiger partial charge is 0.342 e. The fourth-order valence-corrected chi connectivity index (χ4v) is 4.64. The lowest BCUT2D eigenvalue weighted by molar-refractivity contribution is -0.115. The van der Waals surface area contributed by atoms with Crippen LogP contribution in [0.3, 0.4) is 0 Å². The predicted molar refractivity (Wildman–Crippen MR) is 116 cm³/mol. The van der Waals surface area contributed by atoms with Gasteiger partial charge in [0.15, 0.2) is 0 Å². The molecule has 4 rings (SSSR count). The Morgan fingerprint density at radius 2 is 1.93 bits per heavy atom. The van der Waals surface area contributed by atoms with Crippen molar-refractivity contribution >= 4 is 39.1 Å². The first-order valence-electron chi connectivity index (χ1n) is 9.91. The van der Waals surface area contributed by atoms with Gasteiger partial charge >= 0.3 is 0 Å². The van der Waals surface area contributed by atoms with E-state index in [9.17, 15) is 9.59 Å². The number of nitrogens with one attached hydrogen (secondary N) is 2. The summed E-state index contributed by atoms with van der Waals surface area (Å²) >= 11 is 1.37. The van der Waals surface area contributed by atoms with Gasteiger partial charge in [0.25, 0.3) is 5.91 Å². The maximum Gasteiger partial charge on any atom is 0.262 e. The van der Waals surface area contributed by atoms with E-state index < -0.39 is 0 Å². The summed E-state index contributed by atoms with van der Waals surface area (Å²) in [6.45, 7) is 5.84. The third-order valence-electron chi connectivity index (χ3n) is 5.22. The fourth-order valence-electron chi connectivity index (χ4n) is 3.49. The summed E-state index contributed by atoms with van der Waals surface area (Å²) in [5, 5.41) is 6.56. The molecule has 1 aliphatic rings. The molecule has 0 atom stereocenters. The first-order chi connectivity index (χ1) is 14.0. The first-order valence-corrected chi connectivity index (χ1v) is 10.7.